The second-order valence-corrected chi connectivity index (χ2v) is 8.48. The summed E-state index contributed by atoms with van der Waals surface area (Å²) in [4.78, 5) is 31.8. The maximum atomic E-state index is 13.3. The third-order valence-electron chi connectivity index (χ3n) is 6.00. The molecule has 1 fully saturated rings. The first-order chi connectivity index (χ1) is 16.9. The Morgan fingerprint density at radius 3 is 2.57 bits per heavy atom. The number of halogens is 1. The number of amides is 1. The normalized spacial score (nSPS) is 17.1. The van der Waals surface area contributed by atoms with E-state index in [9.17, 15) is 19.1 Å². The summed E-state index contributed by atoms with van der Waals surface area (Å²) in [7, 11) is 0. The smallest absolute Gasteiger partial charge is 0.295 e. The number of hydrogen-bond acceptors (Lipinski definition) is 5. The predicted octanol–water partition coefficient (Wildman–Crippen LogP) is 4.98. The van der Waals surface area contributed by atoms with Crippen LogP contribution in [0.4, 0.5) is 4.39 Å². The van der Waals surface area contributed by atoms with E-state index in [1.165, 1.54) is 17.0 Å². The number of nitrogens with zero attached hydrogens (tertiary/aromatic N) is 2. The van der Waals surface area contributed by atoms with Crippen molar-refractivity contribution >= 4 is 17.4 Å². The van der Waals surface area contributed by atoms with E-state index in [0.29, 0.717) is 29.9 Å². The van der Waals surface area contributed by atoms with Gasteiger partial charge in [-0.15, -0.1) is 0 Å². The summed E-state index contributed by atoms with van der Waals surface area (Å²) in [6.45, 7) is 4.67. The molecule has 1 N–H and O–H groups in total. The summed E-state index contributed by atoms with van der Waals surface area (Å²) in [6.07, 6.45) is 4.48. The summed E-state index contributed by atoms with van der Waals surface area (Å²) in [5.41, 5.74) is 2.70. The highest BCUT2D eigenvalue weighted by Gasteiger charge is 2.46. The lowest BCUT2D eigenvalue weighted by atomic mass is 9.95. The molecular weight excluding hydrogens is 447 g/mol. The van der Waals surface area contributed by atoms with Crippen LogP contribution in [0.1, 0.15) is 41.6 Å². The highest BCUT2D eigenvalue weighted by Crippen LogP contribution is 2.39. The van der Waals surface area contributed by atoms with Gasteiger partial charge in [-0.2, -0.15) is 0 Å². The van der Waals surface area contributed by atoms with Gasteiger partial charge in [0.15, 0.2) is 0 Å². The van der Waals surface area contributed by atoms with E-state index in [1.807, 2.05) is 13.8 Å². The van der Waals surface area contributed by atoms with Gasteiger partial charge in [-0.05, 0) is 72.9 Å². The Hall–Kier alpha value is -4.00. The van der Waals surface area contributed by atoms with Crippen LogP contribution < -0.4 is 4.74 Å². The number of aromatic nitrogens is 1. The molecule has 2 aromatic carbocycles. The Morgan fingerprint density at radius 1 is 1.14 bits per heavy atom. The number of rotatable bonds is 8. The highest BCUT2D eigenvalue weighted by molar-refractivity contribution is 6.46. The molecule has 2 heterocycles. The Kier molecular flexibility index (Phi) is 7.25. The van der Waals surface area contributed by atoms with Crippen molar-refractivity contribution in [2.45, 2.75) is 32.7 Å². The molecule has 1 saturated heterocycles. The minimum absolute atomic E-state index is 0.0173. The van der Waals surface area contributed by atoms with Crippen molar-refractivity contribution in [1.82, 2.24) is 9.88 Å². The molecule has 1 aliphatic heterocycles. The molecule has 6 nitrogen and oxygen atoms in total. The molecule has 7 heteroatoms. The monoisotopic (exact) mass is 474 g/mol. The van der Waals surface area contributed by atoms with Crippen molar-refractivity contribution in [2.75, 3.05) is 13.2 Å². The topological polar surface area (TPSA) is 79.7 Å². The number of benzene rings is 2. The zero-order chi connectivity index (χ0) is 24.9. The summed E-state index contributed by atoms with van der Waals surface area (Å²) < 4.78 is 19.0. The van der Waals surface area contributed by atoms with Gasteiger partial charge in [-0.1, -0.05) is 25.1 Å². The SMILES string of the molecule is CCCOc1ccc(/C(O)=C2/C(=O)C(=O)N(CCc3ccc(F)cc3)C2c2cccnc2)cc1C. The standard InChI is InChI=1S/C28H27FN2O4/c1-3-15-35-23-11-8-20(16-18(23)2)26(32)24-25(21-5-4-13-30-17-21)31(28(34)27(24)33)14-12-19-6-9-22(29)10-7-19/h4-11,13,16-17,25,32H,3,12,14-15H2,1-2H3/b26-24-. The van der Waals surface area contributed by atoms with E-state index < -0.39 is 17.7 Å². The third kappa shape index (κ3) is 5.09. The first kappa shape index (κ1) is 24.1. The molecule has 0 aliphatic carbocycles. The largest absolute Gasteiger partial charge is 0.507 e. The number of ether oxygens (including phenoxy) is 1. The van der Waals surface area contributed by atoms with E-state index >= 15 is 0 Å². The fourth-order valence-electron chi connectivity index (χ4n) is 4.22. The van der Waals surface area contributed by atoms with Gasteiger partial charge in [-0.25, -0.2) is 4.39 Å². The first-order valence-corrected chi connectivity index (χ1v) is 11.6. The number of Topliss-reactive ketones (excluding diaryl/α,β-unsaturated/α-hetero) is 1. The van der Waals surface area contributed by atoms with Crippen LogP contribution in [0.3, 0.4) is 0 Å². The number of carbonyl (C=O) groups is 2. The average molecular weight is 475 g/mol. The number of aliphatic hydroxyl groups is 1. The molecule has 1 amide bonds. The summed E-state index contributed by atoms with van der Waals surface area (Å²) in [6, 6.07) is 13.9. The Labute approximate surface area is 203 Å². The van der Waals surface area contributed by atoms with Crippen molar-refractivity contribution in [3.05, 3.63) is 101 Å². The number of hydrogen-bond donors (Lipinski definition) is 1. The molecule has 0 saturated carbocycles. The molecule has 35 heavy (non-hydrogen) atoms. The van der Waals surface area contributed by atoms with Crippen LogP contribution in [0.25, 0.3) is 5.76 Å². The molecule has 0 spiro atoms. The third-order valence-corrected chi connectivity index (χ3v) is 6.00. The molecule has 180 valence electrons. The van der Waals surface area contributed by atoms with Crippen LogP contribution in [0.15, 0.2) is 72.6 Å². The zero-order valence-electron chi connectivity index (χ0n) is 19.7. The number of carbonyl (C=O) groups excluding carboxylic acids is 2. The Bertz CT molecular complexity index is 1260. The predicted molar refractivity (Wildman–Crippen MR) is 130 cm³/mol. The molecule has 1 unspecified atom stereocenters. The first-order valence-electron chi connectivity index (χ1n) is 11.6. The van der Waals surface area contributed by atoms with Gasteiger partial charge in [-0.3, -0.25) is 14.6 Å². The quantitative estimate of drug-likeness (QED) is 0.283. The Balaban J connectivity index is 1.72. The van der Waals surface area contributed by atoms with Gasteiger partial charge < -0.3 is 14.7 Å². The van der Waals surface area contributed by atoms with Crippen LogP contribution in [0.5, 0.6) is 5.75 Å². The van der Waals surface area contributed by atoms with Crippen LogP contribution in [-0.2, 0) is 16.0 Å². The van der Waals surface area contributed by atoms with Gasteiger partial charge >= 0.3 is 0 Å². The van der Waals surface area contributed by atoms with Crippen molar-refractivity contribution in [3.63, 3.8) is 0 Å². The fraction of sp³-hybridized carbons (Fsp3) is 0.250. The van der Waals surface area contributed by atoms with Gasteiger partial charge in [0, 0.05) is 24.5 Å². The molecule has 1 atom stereocenters. The molecule has 4 rings (SSSR count). The Morgan fingerprint density at radius 2 is 1.91 bits per heavy atom. The minimum Gasteiger partial charge on any atom is -0.507 e. The second-order valence-electron chi connectivity index (χ2n) is 8.48. The lowest BCUT2D eigenvalue weighted by molar-refractivity contribution is -0.139. The van der Waals surface area contributed by atoms with E-state index in [4.69, 9.17) is 4.74 Å². The number of pyridine rings is 1. The second kappa shape index (κ2) is 10.5. The lowest BCUT2D eigenvalue weighted by Gasteiger charge is -2.25. The van der Waals surface area contributed by atoms with Gasteiger partial charge in [0.2, 0.25) is 0 Å². The van der Waals surface area contributed by atoms with Gasteiger partial charge in [0.05, 0.1) is 18.2 Å². The van der Waals surface area contributed by atoms with Crippen LogP contribution in [0, 0.1) is 12.7 Å². The molecule has 3 aromatic rings. The maximum absolute atomic E-state index is 13.3. The fourth-order valence-corrected chi connectivity index (χ4v) is 4.22. The van der Waals surface area contributed by atoms with Crippen molar-refractivity contribution in [3.8, 4) is 5.75 Å². The molecule has 1 aliphatic rings. The highest BCUT2D eigenvalue weighted by atomic mass is 19.1. The maximum Gasteiger partial charge on any atom is 0.295 e. The lowest BCUT2D eigenvalue weighted by Crippen LogP contribution is -2.31. The van der Waals surface area contributed by atoms with E-state index in [0.717, 1.165) is 17.5 Å². The van der Waals surface area contributed by atoms with Gasteiger partial charge in [0.1, 0.15) is 17.3 Å². The van der Waals surface area contributed by atoms with E-state index in [1.54, 1.807) is 54.9 Å². The van der Waals surface area contributed by atoms with Crippen molar-refractivity contribution in [2.24, 2.45) is 0 Å². The molecule has 0 radical (unpaired) electrons. The number of aryl methyl sites for hydroxylation is 1. The van der Waals surface area contributed by atoms with Gasteiger partial charge in [0.25, 0.3) is 11.7 Å². The zero-order valence-corrected chi connectivity index (χ0v) is 19.7. The number of ketones is 1. The van der Waals surface area contributed by atoms with E-state index in [-0.39, 0.29) is 23.7 Å². The minimum atomic E-state index is -0.791. The molecule has 1 aromatic heterocycles. The number of aliphatic hydroxyl groups excluding tert-OH is 1. The molecular formula is C28H27FN2O4. The summed E-state index contributed by atoms with van der Waals surface area (Å²) in [5.74, 6) is -1.33. The summed E-state index contributed by atoms with van der Waals surface area (Å²) >= 11 is 0. The van der Waals surface area contributed by atoms with Crippen LogP contribution in [0.2, 0.25) is 0 Å². The number of likely N-dealkylation sites (tertiary alicyclic amines) is 1. The van der Waals surface area contributed by atoms with Crippen molar-refractivity contribution < 1.29 is 23.8 Å². The molecule has 0 bridgehead atoms. The summed E-state index contributed by atoms with van der Waals surface area (Å²) in [5, 5.41) is 11.2. The van der Waals surface area contributed by atoms with Crippen LogP contribution >= 0.6 is 0 Å². The van der Waals surface area contributed by atoms with Crippen LogP contribution in [-0.4, -0.2) is 39.8 Å². The van der Waals surface area contributed by atoms with Crippen molar-refractivity contribution in [1.29, 1.82) is 0 Å². The average Bonchev–Trinajstić information content (AvgIpc) is 3.12. The van der Waals surface area contributed by atoms with E-state index in [2.05, 4.69) is 4.98 Å².